The molecule has 2 saturated heterocycles. The van der Waals surface area contributed by atoms with E-state index in [1.165, 1.54) is 24.3 Å². The molecule has 0 aromatic heterocycles. The topological polar surface area (TPSA) is 49.9 Å². The van der Waals surface area contributed by atoms with E-state index in [1.54, 1.807) is 23.3 Å². The maximum absolute atomic E-state index is 13.4. The molecule has 3 atom stereocenters. The molecule has 0 radical (unpaired) electrons. The summed E-state index contributed by atoms with van der Waals surface area (Å²) in [5.74, 6) is -2.07. The van der Waals surface area contributed by atoms with Crippen molar-refractivity contribution in [3.05, 3.63) is 95.3 Å². The molecular weight excluding hydrogens is 407 g/mol. The van der Waals surface area contributed by atoms with Gasteiger partial charge in [0.2, 0.25) is 5.91 Å². The van der Waals surface area contributed by atoms with Crippen LogP contribution in [0.3, 0.4) is 0 Å². The maximum atomic E-state index is 13.4. The smallest absolute Gasteiger partial charge is 0.266 e. The SMILES string of the molecule is O=C1[C@@H]2[C@@H](c3cccc(Cl)c3)N(c3ccccc3)O[C@H]2C(=O)N1c1ccc(F)cc1. The molecule has 30 heavy (non-hydrogen) atoms. The molecule has 0 saturated carbocycles. The fraction of sp³-hybridized carbons (Fsp3) is 0.130. The first-order valence-electron chi connectivity index (χ1n) is 9.44. The van der Waals surface area contributed by atoms with Crippen LogP contribution in [0.5, 0.6) is 0 Å². The number of rotatable bonds is 3. The third-order valence-electron chi connectivity index (χ3n) is 5.40. The van der Waals surface area contributed by atoms with Crippen LogP contribution in [0.4, 0.5) is 15.8 Å². The number of para-hydroxylation sites is 1. The van der Waals surface area contributed by atoms with E-state index in [9.17, 15) is 14.0 Å². The van der Waals surface area contributed by atoms with Crippen molar-refractivity contribution < 1.29 is 18.8 Å². The van der Waals surface area contributed by atoms with E-state index in [-0.39, 0.29) is 5.91 Å². The molecule has 3 aromatic carbocycles. The summed E-state index contributed by atoms with van der Waals surface area (Å²) in [7, 11) is 0. The molecule has 2 aliphatic heterocycles. The van der Waals surface area contributed by atoms with Gasteiger partial charge in [-0.05, 0) is 54.1 Å². The Morgan fingerprint density at radius 1 is 0.833 bits per heavy atom. The molecule has 0 bridgehead atoms. The van der Waals surface area contributed by atoms with Gasteiger partial charge in [-0.15, -0.1) is 0 Å². The van der Waals surface area contributed by atoms with Crippen molar-refractivity contribution in [1.29, 1.82) is 0 Å². The Morgan fingerprint density at radius 2 is 1.57 bits per heavy atom. The number of nitrogens with zero attached hydrogens (tertiary/aromatic N) is 2. The highest BCUT2D eigenvalue weighted by Crippen LogP contribution is 2.47. The lowest BCUT2D eigenvalue weighted by molar-refractivity contribution is -0.126. The molecule has 150 valence electrons. The molecule has 2 heterocycles. The lowest BCUT2D eigenvalue weighted by Crippen LogP contribution is -2.37. The Bertz CT molecular complexity index is 1120. The van der Waals surface area contributed by atoms with Gasteiger partial charge in [0.25, 0.3) is 5.91 Å². The average molecular weight is 423 g/mol. The highest BCUT2D eigenvalue weighted by molar-refractivity contribution is 6.30. The van der Waals surface area contributed by atoms with Crippen molar-refractivity contribution in [3.63, 3.8) is 0 Å². The van der Waals surface area contributed by atoms with Crippen molar-refractivity contribution >= 4 is 34.8 Å². The van der Waals surface area contributed by atoms with E-state index < -0.39 is 29.8 Å². The van der Waals surface area contributed by atoms with Crippen LogP contribution in [0.25, 0.3) is 0 Å². The number of hydrogen-bond acceptors (Lipinski definition) is 4. The lowest BCUT2D eigenvalue weighted by atomic mass is 9.90. The van der Waals surface area contributed by atoms with E-state index in [4.69, 9.17) is 16.4 Å². The van der Waals surface area contributed by atoms with E-state index in [1.807, 2.05) is 36.4 Å². The Balaban J connectivity index is 1.59. The summed E-state index contributed by atoms with van der Waals surface area (Å²) >= 11 is 6.21. The molecule has 0 unspecified atom stereocenters. The minimum absolute atomic E-state index is 0.320. The number of halogens is 2. The number of hydroxylamine groups is 1. The van der Waals surface area contributed by atoms with Gasteiger partial charge < -0.3 is 0 Å². The monoisotopic (exact) mass is 422 g/mol. The first-order valence-corrected chi connectivity index (χ1v) is 9.82. The number of imide groups is 1. The summed E-state index contributed by atoms with van der Waals surface area (Å²) < 4.78 is 13.3. The first-order chi connectivity index (χ1) is 14.5. The number of fused-ring (bicyclic) bond motifs is 1. The summed E-state index contributed by atoms with van der Waals surface area (Å²) in [6.45, 7) is 0. The largest absolute Gasteiger partial charge is 0.273 e. The summed E-state index contributed by atoms with van der Waals surface area (Å²) in [6.07, 6.45) is -0.980. The molecule has 7 heteroatoms. The third-order valence-corrected chi connectivity index (χ3v) is 5.64. The number of amides is 2. The van der Waals surface area contributed by atoms with E-state index in [2.05, 4.69) is 0 Å². The normalized spacial score (nSPS) is 23.2. The molecule has 5 nitrogen and oxygen atoms in total. The molecule has 2 aliphatic rings. The van der Waals surface area contributed by atoms with Gasteiger partial charge in [-0.2, -0.15) is 0 Å². The number of carbonyl (C=O) groups excluding carboxylic acids is 2. The minimum atomic E-state index is -0.980. The quantitative estimate of drug-likeness (QED) is 0.582. The van der Waals surface area contributed by atoms with Crippen LogP contribution in [0, 0.1) is 11.7 Å². The second kappa shape index (κ2) is 7.23. The van der Waals surface area contributed by atoms with Crippen molar-refractivity contribution in [3.8, 4) is 0 Å². The Labute approximate surface area is 177 Å². The standard InChI is InChI=1S/C23H16ClFN2O3/c24-15-6-4-5-14(13-15)20-19-21(30-27(20)18-7-2-1-3-8-18)23(29)26(22(19)28)17-11-9-16(25)10-12-17/h1-13,19-21H/t19-,20-,21-/m1/s1. The Hall–Kier alpha value is -3.22. The van der Waals surface area contributed by atoms with Crippen LogP contribution in [-0.2, 0) is 14.4 Å². The zero-order valence-corrected chi connectivity index (χ0v) is 16.4. The van der Waals surface area contributed by atoms with Gasteiger partial charge in [0, 0.05) is 5.02 Å². The van der Waals surface area contributed by atoms with Crippen LogP contribution in [0.1, 0.15) is 11.6 Å². The van der Waals surface area contributed by atoms with Crippen LogP contribution in [-0.4, -0.2) is 17.9 Å². The van der Waals surface area contributed by atoms with E-state index in [0.717, 1.165) is 16.2 Å². The van der Waals surface area contributed by atoms with Crippen molar-refractivity contribution in [2.24, 2.45) is 5.92 Å². The minimum Gasteiger partial charge on any atom is -0.273 e. The van der Waals surface area contributed by atoms with Gasteiger partial charge in [-0.3, -0.25) is 14.4 Å². The molecule has 2 amide bonds. The molecule has 3 aromatic rings. The second-order valence-corrected chi connectivity index (χ2v) is 7.64. The van der Waals surface area contributed by atoms with Gasteiger partial charge in [-0.25, -0.2) is 14.4 Å². The molecule has 2 fully saturated rings. The van der Waals surface area contributed by atoms with Gasteiger partial charge in [0.1, 0.15) is 11.7 Å². The van der Waals surface area contributed by atoms with Crippen LogP contribution < -0.4 is 9.96 Å². The van der Waals surface area contributed by atoms with Gasteiger partial charge >= 0.3 is 0 Å². The summed E-state index contributed by atoms with van der Waals surface area (Å²) in [5, 5.41) is 2.13. The van der Waals surface area contributed by atoms with Crippen molar-refractivity contribution in [2.45, 2.75) is 12.1 Å². The van der Waals surface area contributed by atoms with Crippen molar-refractivity contribution in [1.82, 2.24) is 0 Å². The Kier molecular flexibility index (Phi) is 4.53. The Morgan fingerprint density at radius 3 is 2.27 bits per heavy atom. The molecule has 5 rings (SSSR count). The second-order valence-electron chi connectivity index (χ2n) is 7.20. The van der Waals surface area contributed by atoms with Gasteiger partial charge in [0.15, 0.2) is 6.10 Å². The fourth-order valence-corrected chi connectivity index (χ4v) is 4.29. The van der Waals surface area contributed by atoms with Crippen LogP contribution >= 0.6 is 11.6 Å². The summed E-state index contributed by atoms with van der Waals surface area (Å²) in [5.41, 5.74) is 1.81. The first kappa shape index (κ1) is 18.8. The average Bonchev–Trinajstić information content (AvgIpc) is 3.26. The number of anilines is 2. The van der Waals surface area contributed by atoms with Crippen LogP contribution in [0.15, 0.2) is 78.9 Å². The van der Waals surface area contributed by atoms with Gasteiger partial charge in [0.05, 0.1) is 17.4 Å². The summed E-state index contributed by atoms with van der Waals surface area (Å²) in [4.78, 5) is 33.7. The fourth-order valence-electron chi connectivity index (χ4n) is 4.09. The number of hydrogen-bond donors (Lipinski definition) is 0. The van der Waals surface area contributed by atoms with Crippen LogP contribution in [0.2, 0.25) is 5.02 Å². The predicted molar refractivity (Wildman–Crippen MR) is 110 cm³/mol. The van der Waals surface area contributed by atoms with E-state index >= 15 is 0 Å². The zero-order valence-electron chi connectivity index (χ0n) is 15.6. The van der Waals surface area contributed by atoms with E-state index in [0.29, 0.717) is 10.7 Å². The maximum Gasteiger partial charge on any atom is 0.266 e. The molecule has 0 N–H and O–H groups in total. The highest BCUT2D eigenvalue weighted by Gasteiger charge is 2.60. The number of carbonyl (C=O) groups is 2. The predicted octanol–water partition coefficient (Wildman–Crippen LogP) is 4.53. The van der Waals surface area contributed by atoms with Crippen molar-refractivity contribution in [2.75, 3.05) is 9.96 Å². The number of benzene rings is 3. The summed E-state index contributed by atoms with van der Waals surface area (Å²) in [6, 6.07) is 21.2. The molecule has 0 aliphatic carbocycles. The third kappa shape index (κ3) is 2.96. The molecular formula is C23H16ClFN2O3. The molecule has 0 spiro atoms. The lowest BCUT2D eigenvalue weighted by Gasteiger charge is -2.28. The van der Waals surface area contributed by atoms with Gasteiger partial charge in [-0.1, -0.05) is 41.9 Å². The zero-order chi connectivity index (χ0) is 20.8. The highest BCUT2D eigenvalue weighted by atomic mass is 35.5.